The van der Waals surface area contributed by atoms with Crippen molar-refractivity contribution < 1.29 is 19.1 Å². The Labute approximate surface area is 181 Å². The minimum Gasteiger partial charge on any atom is -0.488 e. The van der Waals surface area contributed by atoms with Crippen LogP contribution in [-0.2, 0) is 16.1 Å². The molecule has 148 valence electrons. The van der Waals surface area contributed by atoms with Crippen LogP contribution in [0, 0.1) is 11.3 Å². The number of carbonyl (C=O) groups is 2. The lowest BCUT2D eigenvalue weighted by molar-refractivity contribution is -0.123. The van der Waals surface area contributed by atoms with E-state index in [9.17, 15) is 9.59 Å². The summed E-state index contributed by atoms with van der Waals surface area (Å²) < 4.78 is 11.5. The fraction of sp³-hybridized carbons (Fsp3) is 0.190. The summed E-state index contributed by atoms with van der Waals surface area (Å²) in [7, 11) is 1.52. The second-order valence-electron chi connectivity index (χ2n) is 6.07. The number of amides is 2. The van der Waals surface area contributed by atoms with Gasteiger partial charge in [-0.25, -0.2) is 0 Å². The number of rotatable bonds is 7. The van der Waals surface area contributed by atoms with Gasteiger partial charge in [-0.2, -0.15) is 5.26 Å². The molecule has 0 spiro atoms. The van der Waals surface area contributed by atoms with Crippen molar-refractivity contribution in [1.82, 2.24) is 4.90 Å². The van der Waals surface area contributed by atoms with Crippen molar-refractivity contribution in [2.75, 3.05) is 20.3 Å². The van der Waals surface area contributed by atoms with E-state index in [1.165, 1.54) is 12.0 Å². The molecule has 2 aromatic rings. The molecule has 0 bridgehead atoms. The topological polar surface area (TPSA) is 79.6 Å². The third-order valence-corrected chi connectivity index (χ3v) is 5.69. The van der Waals surface area contributed by atoms with Gasteiger partial charge in [-0.3, -0.25) is 14.5 Å². The van der Waals surface area contributed by atoms with E-state index in [0.717, 1.165) is 22.9 Å². The maximum absolute atomic E-state index is 12.4. The smallest absolute Gasteiger partial charge is 0.293 e. The molecule has 2 amide bonds. The molecule has 0 N–H and O–H groups in total. The number of hydrogen-bond acceptors (Lipinski definition) is 6. The fourth-order valence-corrected chi connectivity index (χ4v) is 4.04. The molecule has 0 atom stereocenters. The van der Waals surface area contributed by atoms with Gasteiger partial charge in [0.2, 0.25) is 0 Å². The van der Waals surface area contributed by atoms with E-state index in [2.05, 4.69) is 22.0 Å². The first-order valence-electron chi connectivity index (χ1n) is 8.68. The second-order valence-corrected chi connectivity index (χ2v) is 7.92. The summed E-state index contributed by atoms with van der Waals surface area (Å²) in [6.45, 7) is 0.803. The molecule has 0 aromatic heterocycles. The van der Waals surface area contributed by atoms with Gasteiger partial charge in [0.15, 0.2) is 0 Å². The zero-order valence-electron chi connectivity index (χ0n) is 15.6. The van der Waals surface area contributed by atoms with Crippen LogP contribution in [0.5, 0.6) is 5.75 Å². The molecule has 8 heteroatoms. The number of ether oxygens (including phenoxy) is 2. The minimum absolute atomic E-state index is 0.235. The largest absolute Gasteiger partial charge is 0.488 e. The van der Waals surface area contributed by atoms with Gasteiger partial charge >= 0.3 is 0 Å². The number of hydrogen-bond donors (Lipinski definition) is 0. The highest BCUT2D eigenvalue weighted by Crippen LogP contribution is 2.34. The average Bonchev–Trinajstić information content (AvgIpc) is 2.98. The Bertz CT molecular complexity index is 1020. The molecule has 1 saturated heterocycles. The first-order chi connectivity index (χ1) is 14.0. The van der Waals surface area contributed by atoms with E-state index in [0.29, 0.717) is 27.3 Å². The molecule has 0 aliphatic carbocycles. The lowest BCUT2D eigenvalue weighted by Crippen LogP contribution is -2.31. The summed E-state index contributed by atoms with van der Waals surface area (Å²) >= 11 is 4.39. The van der Waals surface area contributed by atoms with Gasteiger partial charge in [0.25, 0.3) is 11.1 Å². The number of thioether (sulfide) groups is 1. The summed E-state index contributed by atoms with van der Waals surface area (Å²) in [5.74, 6) is 0.296. The van der Waals surface area contributed by atoms with Crippen molar-refractivity contribution in [3.05, 3.63) is 68.5 Å². The number of benzene rings is 2. The molecule has 6 nitrogen and oxygen atoms in total. The van der Waals surface area contributed by atoms with E-state index < -0.39 is 0 Å². The number of nitriles is 1. The summed E-state index contributed by atoms with van der Waals surface area (Å²) in [4.78, 5) is 25.9. The van der Waals surface area contributed by atoms with Crippen LogP contribution in [0.4, 0.5) is 4.79 Å². The van der Waals surface area contributed by atoms with E-state index in [-0.39, 0.29) is 24.3 Å². The average molecular weight is 473 g/mol. The predicted octanol–water partition coefficient (Wildman–Crippen LogP) is 4.58. The molecule has 0 unspecified atom stereocenters. The van der Waals surface area contributed by atoms with Crippen molar-refractivity contribution in [3.8, 4) is 11.8 Å². The van der Waals surface area contributed by atoms with Crippen LogP contribution >= 0.6 is 27.7 Å². The third-order valence-electron chi connectivity index (χ3n) is 4.17. The Balaban J connectivity index is 1.71. The van der Waals surface area contributed by atoms with Gasteiger partial charge < -0.3 is 9.47 Å². The third kappa shape index (κ3) is 5.07. The zero-order chi connectivity index (χ0) is 20.8. The molecule has 1 fully saturated rings. The van der Waals surface area contributed by atoms with E-state index in [1.807, 2.05) is 24.3 Å². The zero-order valence-corrected chi connectivity index (χ0v) is 18.0. The van der Waals surface area contributed by atoms with Crippen LogP contribution in [0.1, 0.15) is 16.7 Å². The first kappa shape index (κ1) is 21.1. The Hall–Kier alpha value is -2.60. The number of halogens is 1. The molecular formula is C21H17BrN2O4S. The molecule has 29 heavy (non-hydrogen) atoms. The Morgan fingerprint density at radius 2 is 2.03 bits per heavy atom. The molecule has 1 heterocycles. The lowest BCUT2D eigenvalue weighted by Gasteiger charge is -2.11. The molecule has 2 aromatic carbocycles. The quantitative estimate of drug-likeness (QED) is 0.548. The standard InChI is InChI=1S/C21H17BrN2O4S/c1-27-9-8-24-20(25)19(29-21(24)26)11-14-6-7-18(17(22)10-14)28-13-16-5-3-2-4-15(16)12-23/h2-7,10-11H,8-9,13H2,1H3/b19-11+. The highest BCUT2D eigenvalue weighted by molar-refractivity contribution is 9.10. The van der Waals surface area contributed by atoms with Crippen LogP contribution in [0.2, 0.25) is 0 Å². The summed E-state index contributed by atoms with van der Waals surface area (Å²) in [5, 5.41) is 8.87. The van der Waals surface area contributed by atoms with Gasteiger partial charge in [0, 0.05) is 12.7 Å². The van der Waals surface area contributed by atoms with Crippen molar-refractivity contribution in [2.24, 2.45) is 0 Å². The lowest BCUT2D eigenvalue weighted by atomic mass is 10.1. The van der Waals surface area contributed by atoms with Crippen LogP contribution in [0.15, 0.2) is 51.8 Å². The van der Waals surface area contributed by atoms with Gasteiger partial charge in [0.05, 0.1) is 34.2 Å². The Morgan fingerprint density at radius 1 is 1.24 bits per heavy atom. The highest BCUT2D eigenvalue weighted by atomic mass is 79.9. The van der Waals surface area contributed by atoms with E-state index >= 15 is 0 Å². The molecular weight excluding hydrogens is 456 g/mol. The maximum atomic E-state index is 12.4. The van der Waals surface area contributed by atoms with Crippen molar-refractivity contribution in [1.29, 1.82) is 5.26 Å². The summed E-state index contributed by atoms with van der Waals surface area (Å²) in [6, 6.07) is 14.8. The van der Waals surface area contributed by atoms with Crippen molar-refractivity contribution in [3.63, 3.8) is 0 Å². The van der Waals surface area contributed by atoms with Gasteiger partial charge in [0.1, 0.15) is 12.4 Å². The van der Waals surface area contributed by atoms with Crippen molar-refractivity contribution >= 4 is 44.9 Å². The highest BCUT2D eigenvalue weighted by Gasteiger charge is 2.34. The van der Waals surface area contributed by atoms with Gasteiger partial charge in [-0.1, -0.05) is 24.3 Å². The number of nitrogens with zero attached hydrogens (tertiary/aromatic N) is 2. The Morgan fingerprint density at radius 3 is 2.76 bits per heavy atom. The van der Waals surface area contributed by atoms with Crippen molar-refractivity contribution in [2.45, 2.75) is 6.61 Å². The molecule has 1 aliphatic heterocycles. The molecule has 3 rings (SSSR count). The SMILES string of the molecule is COCCN1C(=O)S/C(=C/c2ccc(OCc3ccccc3C#N)c(Br)c2)C1=O. The number of imide groups is 1. The van der Waals surface area contributed by atoms with Gasteiger partial charge in [-0.05, 0) is 57.5 Å². The van der Waals surface area contributed by atoms with E-state index in [4.69, 9.17) is 14.7 Å². The Kier molecular flexibility index (Phi) is 7.09. The normalized spacial score (nSPS) is 15.1. The minimum atomic E-state index is -0.318. The monoisotopic (exact) mass is 472 g/mol. The van der Waals surface area contributed by atoms with Gasteiger partial charge in [-0.15, -0.1) is 0 Å². The fourth-order valence-electron chi connectivity index (χ4n) is 2.66. The maximum Gasteiger partial charge on any atom is 0.293 e. The molecule has 1 aliphatic rings. The van der Waals surface area contributed by atoms with Crippen LogP contribution in [0.3, 0.4) is 0 Å². The predicted molar refractivity (Wildman–Crippen MR) is 114 cm³/mol. The van der Waals surface area contributed by atoms with Crippen LogP contribution < -0.4 is 4.74 Å². The van der Waals surface area contributed by atoms with E-state index in [1.54, 1.807) is 24.3 Å². The first-order valence-corrected chi connectivity index (χ1v) is 10.3. The second kappa shape index (κ2) is 9.74. The summed E-state index contributed by atoms with van der Waals surface area (Å²) in [6.07, 6.45) is 1.68. The summed E-state index contributed by atoms with van der Waals surface area (Å²) in [5.41, 5.74) is 2.14. The number of methoxy groups -OCH3 is 1. The molecule has 0 saturated carbocycles. The van der Waals surface area contributed by atoms with Crippen LogP contribution in [0.25, 0.3) is 6.08 Å². The van der Waals surface area contributed by atoms with Crippen LogP contribution in [-0.4, -0.2) is 36.3 Å². The number of carbonyl (C=O) groups excluding carboxylic acids is 2. The molecule has 0 radical (unpaired) electrons.